The molecule has 1 aromatic carbocycles. The lowest BCUT2D eigenvalue weighted by Crippen LogP contribution is -2.27. The predicted molar refractivity (Wildman–Crippen MR) is 85.2 cm³/mol. The van der Waals surface area contributed by atoms with Crippen LogP contribution in [0.4, 0.5) is 17.5 Å². The quantitative estimate of drug-likeness (QED) is 0.860. The van der Waals surface area contributed by atoms with Crippen molar-refractivity contribution in [3.63, 3.8) is 0 Å². The molecule has 0 aliphatic heterocycles. The zero-order valence-corrected chi connectivity index (χ0v) is 13.0. The molecule has 1 aromatic heterocycles. The summed E-state index contributed by atoms with van der Waals surface area (Å²) in [6.45, 7) is 6.13. The van der Waals surface area contributed by atoms with Crippen molar-refractivity contribution in [3.05, 3.63) is 40.5 Å². The maximum Gasteiger partial charge on any atom is 0.225 e. The summed E-state index contributed by atoms with van der Waals surface area (Å²) in [6.07, 6.45) is 1.67. The fourth-order valence-corrected chi connectivity index (χ4v) is 2.06. The molecular formula is C14H16Cl2N4. The Morgan fingerprint density at radius 2 is 1.70 bits per heavy atom. The lowest BCUT2D eigenvalue weighted by molar-refractivity contribution is 0.626. The predicted octanol–water partition coefficient (Wildman–Crippen LogP) is 4.74. The van der Waals surface area contributed by atoms with Gasteiger partial charge in [0.05, 0.1) is 15.7 Å². The van der Waals surface area contributed by atoms with E-state index in [-0.39, 0.29) is 5.54 Å². The van der Waals surface area contributed by atoms with Crippen LogP contribution in [0.5, 0.6) is 0 Å². The molecule has 0 saturated heterocycles. The standard InChI is InChI=1S/C14H16Cl2N4/c1-14(2,3)20-13-17-8-7-11(19-13)18-12-9(15)5-4-6-10(12)16/h4-8H,1-3H3,(H2,17,18,19,20). The van der Waals surface area contributed by atoms with Gasteiger partial charge in [0.15, 0.2) is 0 Å². The second kappa shape index (κ2) is 5.85. The summed E-state index contributed by atoms with van der Waals surface area (Å²) in [5.74, 6) is 1.17. The summed E-state index contributed by atoms with van der Waals surface area (Å²) in [4.78, 5) is 8.57. The highest BCUT2D eigenvalue weighted by Gasteiger charge is 2.12. The first-order chi connectivity index (χ1) is 9.35. The summed E-state index contributed by atoms with van der Waals surface area (Å²) in [5, 5.41) is 7.41. The molecule has 0 aliphatic rings. The Morgan fingerprint density at radius 3 is 2.30 bits per heavy atom. The summed E-state index contributed by atoms with van der Waals surface area (Å²) >= 11 is 12.2. The molecule has 1 heterocycles. The lowest BCUT2D eigenvalue weighted by atomic mass is 10.1. The van der Waals surface area contributed by atoms with Crippen LogP contribution < -0.4 is 10.6 Å². The Morgan fingerprint density at radius 1 is 1.05 bits per heavy atom. The number of benzene rings is 1. The van der Waals surface area contributed by atoms with Crippen LogP contribution in [-0.2, 0) is 0 Å². The van der Waals surface area contributed by atoms with Crippen LogP contribution in [0.15, 0.2) is 30.5 Å². The van der Waals surface area contributed by atoms with Crippen molar-refractivity contribution in [2.45, 2.75) is 26.3 Å². The van der Waals surface area contributed by atoms with Crippen molar-refractivity contribution in [2.24, 2.45) is 0 Å². The zero-order valence-electron chi connectivity index (χ0n) is 11.5. The smallest absolute Gasteiger partial charge is 0.225 e. The van der Waals surface area contributed by atoms with Crippen LogP contribution in [0, 0.1) is 0 Å². The van der Waals surface area contributed by atoms with Crippen molar-refractivity contribution in [2.75, 3.05) is 10.6 Å². The van der Waals surface area contributed by atoms with Crippen molar-refractivity contribution < 1.29 is 0 Å². The third kappa shape index (κ3) is 3.99. The van der Waals surface area contributed by atoms with E-state index in [1.807, 2.05) is 20.8 Å². The molecule has 106 valence electrons. The number of halogens is 2. The normalized spacial score (nSPS) is 11.2. The number of hydrogen-bond donors (Lipinski definition) is 2. The van der Waals surface area contributed by atoms with E-state index in [1.54, 1.807) is 30.5 Å². The van der Waals surface area contributed by atoms with Crippen LogP contribution in [0.2, 0.25) is 10.0 Å². The van der Waals surface area contributed by atoms with Gasteiger partial charge in [-0.15, -0.1) is 0 Å². The molecule has 0 fully saturated rings. The molecule has 6 heteroatoms. The molecule has 2 N–H and O–H groups in total. The summed E-state index contributed by atoms with van der Waals surface area (Å²) in [7, 11) is 0. The molecule has 0 amide bonds. The molecule has 2 rings (SSSR count). The highest BCUT2D eigenvalue weighted by atomic mass is 35.5. The van der Waals surface area contributed by atoms with Crippen LogP contribution in [0.1, 0.15) is 20.8 Å². The molecular weight excluding hydrogens is 295 g/mol. The molecule has 0 radical (unpaired) electrons. The van der Waals surface area contributed by atoms with E-state index in [0.29, 0.717) is 27.5 Å². The summed E-state index contributed by atoms with van der Waals surface area (Å²) < 4.78 is 0. The number of aromatic nitrogens is 2. The summed E-state index contributed by atoms with van der Waals surface area (Å²) in [6, 6.07) is 7.09. The van der Waals surface area contributed by atoms with Crippen LogP contribution >= 0.6 is 23.2 Å². The summed E-state index contributed by atoms with van der Waals surface area (Å²) in [5.41, 5.74) is 0.525. The minimum absolute atomic E-state index is 0.110. The molecule has 20 heavy (non-hydrogen) atoms. The van der Waals surface area contributed by atoms with Gasteiger partial charge in [-0.25, -0.2) is 4.98 Å². The van der Waals surface area contributed by atoms with Gasteiger partial charge in [0.25, 0.3) is 0 Å². The monoisotopic (exact) mass is 310 g/mol. The molecule has 4 nitrogen and oxygen atoms in total. The minimum atomic E-state index is -0.110. The number of rotatable bonds is 3. The zero-order chi connectivity index (χ0) is 14.8. The van der Waals surface area contributed by atoms with Gasteiger partial charge in [0, 0.05) is 11.7 Å². The Kier molecular flexibility index (Phi) is 4.35. The Bertz CT molecular complexity index is 588. The highest BCUT2D eigenvalue weighted by molar-refractivity contribution is 6.39. The first-order valence-corrected chi connectivity index (χ1v) is 6.93. The first kappa shape index (κ1) is 14.9. The second-order valence-corrected chi connectivity index (χ2v) is 6.18. The van der Waals surface area contributed by atoms with E-state index in [1.165, 1.54) is 0 Å². The molecule has 2 aromatic rings. The van der Waals surface area contributed by atoms with Crippen molar-refractivity contribution in [1.82, 2.24) is 9.97 Å². The minimum Gasteiger partial charge on any atom is -0.350 e. The molecule has 0 bridgehead atoms. The molecule has 0 saturated carbocycles. The maximum atomic E-state index is 6.12. The van der Waals surface area contributed by atoms with E-state index >= 15 is 0 Å². The number of anilines is 3. The van der Waals surface area contributed by atoms with Gasteiger partial charge in [-0.05, 0) is 39.0 Å². The number of nitrogens with one attached hydrogen (secondary N) is 2. The fourth-order valence-electron chi connectivity index (χ4n) is 1.57. The van der Waals surface area contributed by atoms with E-state index in [4.69, 9.17) is 23.2 Å². The number of nitrogens with zero attached hydrogens (tertiary/aromatic N) is 2. The first-order valence-electron chi connectivity index (χ1n) is 6.17. The van der Waals surface area contributed by atoms with E-state index < -0.39 is 0 Å². The highest BCUT2D eigenvalue weighted by Crippen LogP contribution is 2.32. The average Bonchev–Trinajstić information content (AvgIpc) is 2.32. The van der Waals surface area contributed by atoms with E-state index in [2.05, 4.69) is 20.6 Å². The third-order valence-electron chi connectivity index (χ3n) is 2.36. The molecule has 0 spiro atoms. The molecule has 0 unspecified atom stereocenters. The van der Waals surface area contributed by atoms with Crippen LogP contribution in [0.3, 0.4) is 0 Å². The fraction of sp³-hybridized carbons (Fsp3) is 0.286. The Hall–Kier alpha value is -1.52. The number of hydrogen-bond acceptors (Lipinski definition) is 4. The molecule has 0 aliphatic carbocycles. The van der Waals surface area contributed by atoms with Gasteiger partial charge in [-0.2, -0.15) is 4.98 Å². The van der Waals surface area contributed by atoms with Crippen molar-refractivity contribution in [3.8, 4) is 0 Å². The van der Waals surface area contributed by atoms with Crippen molar-refractivity contribution in [1.29, 1.82) is 0 Å². The molecule has 0 atom stereocenters. The van der Waals surface area contributed by atoms with Gasteiger partial charge in [-0.1, -0.05) is 29.3 Å². The maximum absolute atomic E-state index is 6.12. The topological polar surface area (TPSA) is 49.8 Å². The van der Waals surface area contributed by atoms with E-state index in [0.717, 1.165) is 0 Å². The van der Waals surface area contributed by atoms with Gasteiger partial charge < -0.3 is 10.6 Å². The largest absolute Gasteiger partial charge is 0.350 e. The second-order valence-electron chi connectivity index (χ2n) is 5.36. The average molecular weight is 311 g/mol. The van der Waals surface area contributed by atoms with Crippen LogP contribution in [-0.4, -0.2) is 15.5 Å². The lowest BCUT2D eigenvalue weighted by Gasteiger charge is -2.20. The van der Waals surface area contributed by atoms with E-state index in [9.17, 15) is 0 Å². The Labute approximate surface area is 128 Å². The third-order valence-corrected chi connectivity index (χ3v) is 2.99. The van der Waals surface area contributed by atoms with Gasteiger partial charge in [0.1, 0.15) is 5.82 Å². The van der Waals surface area contributed by atoms with Crippen LogP contribution in [0.25, 0.3) is 0 Å². The van der Waals surface area contributed by atoms with Gasteiger partial charge in [0.2, 0.25) is 5.95 Å². The Balaban J connectivity index is 2.24. The van der Waals surface area contributed by atoms with Gasteiger partial charge in [-0.3, -0.25) is 0 Å². The van der Waals surface area contributed by atoms with Gasteiger partial charge >= 0.3 is 0 Å². The SMILES string of the molecule is CC(C)(C)Nc1nccc(Nc2c(Cl)cccc2Cl)n1. The van der Waals surface area contributed by atoms with Crippen molar-refractivity contribution >= 4 is 40.7 Å². The number of para-hydroxylation sites is 1.